The molecule has 35 heavy (non-hydrogen) atoms. The number of urea groups is 1. The smallest absolute Gasteiger partial charge is 0.323 e. The molecule has 5 nitrogen and oxygen atoms in total. The second-order valence-electron chi connectivity index (χ2n) is 8.22. The predicted octanol–water partition coefficient (Wildman–Crippen LogP) is 7.67. The summed E-state index contributed by atoms with van der Waals surface area (Å²) < 4.78 is 1.10. The van der Waals surface area contributed by atoms with E-state index in [0.29, 0.717) is 11.5 Å². The normalized spacial score (nSPS) is 11.1. The van der Waals surface area contributed by atoms with Gasteiger partial charge in [0.25, 0.3) is 0 Å². The van der Waals surface area contributed by atoms with E-state index in [2.05, 4.69) is 45.3 Å². The van der Waals surface area contributed by atoms with Crippen molar-refractivity contribution < 1.29 is 4.79 Å². The maximum atomic E-state index is 12.4. The summed E-state index contributed by atoms with van der Waals surface area (Å²) in [5.74, 6) is 0.507. The number of anilines is 3. The summed E-state index contributed by atoms with van der Waals surface area (Å²) >= 11 is 1.65. The van der Waals surface area contributed by atoms with Crippen molar-refractivity contribution in [1.29, 1.82) is 0 Å². The van der Waals surface area contributed by atoms with Crippen LogP contribution in [-0.4, -0.2) is 11.0 Å². The van der Waals surface area contributed by atoms with Crippen LogP contribution in [0.25, 0.3) is 33.4 Å². The molecule has 0 saturated carbocycles. The number of nitrogens with one attached hydrogen (secondary N) is 2. The number of nitrogen functional groups attached to an aromatic ring is 1. The van der Waals surface area contributed by atoms with E-state index < -0.39 is 0 Å². The number of aryl methyl sites for hydroxylation is 1. The molecule has 0 aliphatic heterocycles. The molecule has 2 aromatic heterocycles. The van der Waals surface area contributed by atoms with Crippen LogP contribution in [0.15, 0.2) is 90.4 Å². The Balaban J connectivity index is 1.36. The van der Waals surface area contributed by atoms with Crippen LogP contribution in [0.5, 0.6) is 0 Å². The highest BCUT2D eigenvalue weighted by atomic mass is 32.1. The highest BCUT2D eigenvalue weighted by Crippen LogP contribution is 2.39. The van der Waals surface area contributed by atoms with Gasteiger partial charge in [0.2, 0.25) is 0 Å². The monoisotopic (exact) mass is 476 g/mol. The van der Waals surface area contributed by atoms with Gasteiger partial charge in [-0.2, -0.15) is 0 Å². The molecule has 6 heteroatoms. The minimum absolute atomic E-state index is 0.285. The van der Waals surface area contributed by atoms with Gasteiger partial charge in [0.1, 0.15) is 5.82 Å². The van der Waals surface area contributed by atoms with Crippen LogP contribution in [0.1, 0.15) is 16.7 Å². The molecule has 3 aromatic carbocycles. The van der Waals surface area contributed by atoms with Gasteiger partial charge in [0.05, 0.1) is 0 Å². The number of amides is 2. The second kappa shape index (κ2) is 9.83. The zero-order valence-electron chi connectivity index (χ0n) is 19.2. The van der Waals surface area contributed by atoms with E-state index in [1.54, 1.807) is 11.3 Å². The van der Waals surface area contributed by atoms with Crippen molar-refractivity contribution in [2.45, 2.75) is 6.92 Å². The molecule has 0 radical (unpaired) electrons. The molecule has 0 spiro atoms. The summed E-state index contributed by atoms with van der Waals surface area (Å²) in [7, 11) is 0. The van der Waals surface area contributed by atoms with Gasteiger partial charge in [-0.15, -0.1) is 11.3 Å². The predicted molar refractivity (Wildman–Crippen MR) is 149 cm³/mol. The molecule has 0 aliphatic rings. The van der Waals surface area contributed by atoms with E-state index in [9.17, 15) is 4.79 Å². The lowest BCUT2D eigenvalue weighted by Crippen LogP contribution is -2.19. The molecule has 0 unspecified atom stereocenters. The molecule has 0 bridgehead atoms. The molecule has 0 saturated heterocycles. The van der Waals surface area contributed by atoms with Crippen LogP contribution in [0.3, 0.4) is 0 Å². The molecule has 2 amide bonds. The molecule has 5 aromatic rings. The molecule has 5 rings (SSSR count). The Morgan fingerprint density at radius 3 is 2.46 bits per heavy atom. The lowest BCUT2D eigenvalue weighted by atomic mass is 10.0. The van der Waals surface area contributed by atoms with E-state index in [4.69, 9.17) is 5.73 Å². The largest absolute Gasteiger partial charge is 0.383 e. The Morgan fingerprint density at radius 1 is 0.914 bits per heavy atom. The Kier molecular flexibility index (Phi) is 6.28. The van der Waals surface area contributed by atoms with Gasteiger partial charge in [-0.05, 0) is 53.3 Å². The van der Waals surface area contributed by atoms with Crippen molar-refractivity contribution in [3.63, 3.8) is 0 Å². The SMILES string of the molecule is Cc1cccc(NC(=O)Nc2ccc(-c3csc4c(C=Cc5ccccc5)cnc(N)c34)cc2)c1. The van der Waals surface area contributed by atoms with Gasteiger partial charge in [0.15, 0.2) is 0 Å². The van der Waals surface area contributed by atoms with Crippen molar-refractivity contribution in [1.82, 2.24) is 4.98 Å². The molecule has 2 heterocycles. The first-order valence-electron chi connectivity index (χ1n) is 11.2. The second-order valence-corrected chi connectivity index (χ2v) is 9.10. The Hall–Kier alpha value is -4.42. The van der Waals surface area contributed by atoms with Crippen LogP contribution in [0.2, 0.25) is 0 Å². The number of hydrogen-bond donors (Lipinski definition) is 3. The molecular weight excluding hydrogens is 452 g/mol. The van der Waals surface area contributed by atoms with E-state index >= 15 is 0 Å². The van der Waals surface area contributed by atoms with E-state index in [-0.39, 0.29) is 6.03 Å². The fourth-order valence-corrected chi connectivity index (χ4v) is 5.00. The van der Waals surface area contributed by atoms with Crippen molar-refractivity contribution in [2.24, 2.45) is 0 Å². The van der Waals surface area contributed by atoms with Crippen LogP contribution < -0.4 is 16.4 Å². The highest BCUT2D eigenvalue weighted by molar-refractivity contribution is 7.18. The average Bonchev–Trinajstić information content (AvgIpc) is 3.31. The quantitative estimate of drug-likeness (QED) is 0.243. The fourth-order valence-electron chi connectivity index (χ4n) is 3.92. The first-order valence-corrected chi connectivity index (χ1v) is 12.1. The zero-order chi connectivity index (χ0) is 24.2. The summed E-state index contributed by atoms with van der Waals surface area (Å²) in [6, 6.07) is 25.3. The first kappa shape index (κ1) is 22.4. The minimum Gasteiger partial charge on any atom is -0.383 e. The number of nitrogens with zero attached hydrogens (tertiary/aromatic N) is 1. The number of thiophene rings is 1. The number of rotatable bonds is 5. The number of nitrogens with two attached hydrogens (primary N) is 1. The molecule has 0 atom stereocenters. The third-order valence-corrected chi connectivity index (χ3v) is 6.67. The van der Waals surface area contributed by atoms with Crippen molar-refractivity contribution in [3.8, 4) is 11.1 Å². The molecule has 172 valence electrons. The number of hydrogen-bond acceptors (Lipinski definition) is 4. The third kappa shape index (κ3) is 5.08. The van der Waals surface area contributed by atoms with Gasteiger partial charge >= 0.3 is 6.03 Å². The lowest BCUT2D eigenvalue weighted by Gasteiger charge is -2.09. The summed E-state index contributed by atoms with van der Waals surface area (Å²) in [6.07, 6.45) is 5.97. The maximum Gasteiger partial charge on any atom is 0.323 e. The van der Waals surface area contributed by atoms with Gasteiger partial charge in [-0.1, -0.05) is 66.7 Å². The van der Waals surface area contributed by atoms with E-state index in [0.717, 1.165) is 43.6 Å². The van der Waals surface area contributed by atoms with Crippen molar-refractivity contribution >= 4 is 56.8 Å². The van der Waals surface area contributed by atoms with Gasteiger partial charge in [-0.25, -0.2) is 9.78 Å². The van der Waals surface area contributed by atoms with E-state index in [1.165, 1.54) is 0 Å². The third-order valence-electron chi connectivity index (χ3n) is 5.64. The van der Waals surface area contributed by atoms with Crippen LogP contribution in [-0.2, 0) is 0 Å². The Labute approximate surface area is 208 Å². The molecular formula is C29H24N4OS. The summed E-state index contributed by atoms with van der Waals surface area (Å²) in [5, 5.41) is 8.79. The molecule has 0 aliphatic carbocycles. The maximum absolute atomic E-state index is 12.4. The summed E-state index contributed by atoms with van der Waals surface area (Å²) in [6.45, 7) is 1.99. The standard InChI is InChI=1S/C29H24N4OS/c1-19-6-5-9-24(16-19)33-29(34)32-23-14-12-21(13-15-23)25-18-35-27-22(17-31-28(30)26(25)27)11-10-20-7-3-2-4-8-20/h2-18H,1H3,(H2,30,31)(H2,32,33,34). The number of carbonyl (C=O) groups is 1. The van der Waals surface area contributed by atoms with Crippen LogP contribution in [0.4, 0.5) is 22.0 Å². The summed E-state index contributed by atoms with van der Waals surface area (Å²) in [5.41, 5.74) is 13.0. The minimum atomic E-state index is -0.285. The van der Waals surface area contributed by atoms with Gasteiger partial charge in [0, 0.05) is 38.8 Å². The lowest BCUT2D eigenvalue weighted by molar-refractivity contribution is 0.262. The van der Waals surface area contributed by atoms with Crippen molar-refractivity contribution in [3.05, 3.63) is 107 Å². The van der Waals surface area contributed by atoms with Crippen molar-refractivity contribution in [2.75, 3.05) is 16.4 Å². The number of carbonyl (C=O) groups excluding carboxylic acids is 1. The highest BCUT2D eigenvalue weighted by Gasteiger charge is 2.13. The van der Waals surface area contributed by atoms with Gasteiger partial charge in [-0.3, -0.25) is 0 Å². The van der Waals surface area contributed by atoms with Crippen LogP contribution in [0, 0.1) is 6.92 Å². The number of fused-ring (bicyclic) bond motifs is 1. The fraction of sp³-hybridized carbons (Fsp3) is 0.0345. The number of pyridine rings is 1. The topological polar surface area (TPSA) is 80.0 Å². The number of benzene rings is 3. The Morgan fingerprint density at radius 2 is 1.69 bits per heavy atom. The molecule has 0 fully saturated rings. The Bertz CT molecular complexity index is 1520. The van der Waals surface area contributed by atoms with E-state index in [1.807, 2.05) is 79.9 Å². The summed E-state index contributed by atoms with van der Waals surface area (Å²) in [4.78, 5) is 16.8. The first-order chi connectivity index (χ1) is 17.1. The zero-order valence-corrected chi connectivity index (χ0v) is 20.0. The van der Waals surface area contributed by atoms with Crippen LogP contribution >= 0.6 is 11.3 Å². The number of aromatic nitrogens is 1. The average molecular weight is 477 g/mol. The van der Waals surface area contributed by atoms with Gasteiger partial charge < -0.3 is 16.4 Å². The molecule has 4 N–H and O–H groups in total.